The number of amides is 1. The Balaban J connectivity index is 2.20. The Morgan fingerprint density at radius 2 is 2.05 bits per heavy atom. The molecule has 6 nitrogen and oxygen atoms in total. The van der Waals surface area contributed by atoms with E-state index < -0.39 is 10.8 Å². The Bertz CT molecular complexity index is 703. The first-order chi connectivity index (χ1) is 10.0. The van der Waals surface area contributed by atoms with Crippen molar-refractivity contribution in [3.8, 4) is 5.75 Å². The van der Waals surface area contributed by atoms with E-state index in [0.29, 0.717) is 15.9 Å². The Labute approximate surface area is 129 Å². The van der Waals surface area contributed by atoms with E-state index in [1.807, 2.05) is 0 Å². The van der Waals surface area contributed by atoms with Crippen LogP contribution in [-0.2, 0) is 0 Å². The molecule has 0 spiro atoms. The highest BCUT2D eigenvalue weighted by molar-refractivity contribution is 9.10. The third-order valence-corrected chi connectivity index (χ3v) is 3.35. The summed E-state index contributed by atoms with van der Waals surface area (Å²) in [6.45, 7) is 0. The van der Waals surface area contributed by atoms with Crippen molar-refractivity contribution in [1.29, 1.82) is 0 Å². The van der Waals surface area contributed by atoms with Crippen LogP contribution in [0.2, 0.25) is 0 Å². The lowest BCUT2D eigenvalue weighted by atomic mass is 10.2. The van der Waals surface area contributed by atoms with Gasteiger partial charge in [-0.1, -0.05) is 6.07 Å². The lowest BCUT2D eigenvalue weighted by Crippen LogP contribution is -2.12. The first kappa shape index (κ1) is 15.0. The quantitative estimate of drug-likeness (QED) is 0.674. The largest absolute Gasteiger partial charge is 0.496 e. The number of methoxy groups -OCH3 is 1. The predicted octanol–water partition coefficient (Wildman–Crippen LogP) is 3.62. The molecule has 0 aliphatic rings. The van der Waals surface area contributed by atoms with Gasteiger partial charge in [-0.3, -0.25) is 14.9 Å². The molecule has 0 unspecified atom stereocenters. The molecular weight excluding hydrogens is 340 g/mol. The van der Waals surface area contributed by atoms with Gasteiger partial charge in [-0.15, -0.1) is 0 Å². The zero-order valence-corrected chi connectivity index (χ0v) is 12.6. The maximum Gasteiger partial charge on any atom is 0.270 e. The summed E-state index contributed by atoms with van der Waals surface area (Å²) < 4.78 is 5.79. The summed E-state index contributed by atoms with van der Waals surface area (Å²) in [7, 11) is 1.54. The van der Waals surface area contributed by atoms with E-state index in [0.717, 1.165) is 0 Å². The standard InChI is InChI=1S/C14H11BrN2O4/c1-21-13-6-5-10(8-12(13)15)16-14(18)9-3-2-4-11(7-9)17(19)20/h2-8H,1H3,(H,16,18). The van der Waals surface area contributed by atoms with Gasteiger partial charge in [0.05, 0.1) is 16.5 Å². The molecule has 0 radical (unpaired) electrons. The molecule has 0 fully saturated rings. The Kier molecular flexibility index (Phi) is 4.54. The number of hydrogen-bond acceptors (Lipinski definition) is 4. The molecule has 2 rings (SSSR count). The zero-order chi connectivity index (χ0) is 15.4. The summed E-state index contributed by atoms with van der Waals surface area (Å²) in [5, 5.41) is 13.4. The number of nitrogens with one attached hydrogen (secondary N) is 1. The molecular formula is C14H11BrN2O4. The minimum atomic E-state index is -0.541. The average molecular weight is 351 g/mol. The van der Waals surface area contributed by atoms with E-state index in [9.17, 15) is 14.9 Å². The molecule has 1 amide bonds. The number of non-ortho nitro benzene ring substituents is 1. The second-order valence-corrected chi connectivity index (χ2v) is 4.97. The Hall–Kier alpha value is -2.41. The highest BCUT2D eigenvalue weighted by Crippen LogP contribution is 2.28. The van der Waals surface area contributed by atoms with Crippen molar-refractivity contribution in [1.82, 2.24) is 0 Å². The van der Waals surface area contributed by atoms with Crippen molar-refractivity contribution in [2.75, 3.05) is 12.4 Å². The summed E-state index contributed by atoms with van der Waals surface area (Å²) >= 11 is 3.32. The molecule has 7 heteroatoms. The minimum absolute atomic E-state index is 0.126. The number of rotatable bonds is 4. The topological polar surface area (TPSA) is 81.5 Å². The van der Waals surface area contributed by atoms with E-state index in [4.69, 9.17) is 4.74 Å². The van der Waals surface area contributed by atoms with Crippen LogP contribution >= 0.6 is 15.9 Å². The van der Waals surface area contributed by atoms with Crippen LogP contribution in [0.3, 0.4) is 0 Å². The van der Waals surface area contributed by atoms with Gasteiger partial charge in [-0.25, -0.2) is 0 Å². The third kappa shape index (κ3) is 3.57. The summed E-state index contributed by atoms with van der Waals surface area (Å²) in [6.07, 6.45) is 0. The molecule has 0 saturated heterocycles. The average Bonchev–Trinajstić information content (AvgIpc) is 2.47. The van der Waals surface area contributed by atoms with Crippen molar-refractivity contribution in [3.05, 3.63) is 62.6 Å². The number of hydrogen-bond donors (Lipinski definition) is 1. The minimum Gasteiger partial charge on any atom is -0.496 e. The molecule has 21 heavy (non-hydrogen) atoms. The van der Waals surface area contributed by atoms with Gasteiger partial charge in [0.2, 0.25) is 0 Å². The fraction of sp³-hybridized carbons (Fsp3) is 0.0714. The number of nitro benzene ring substituents is 1. The van der Waals surface area contributed by atoms with Crippen LogP contribution in [0.1, 0.15) is 10.4 Å². The molecule has 0 atom stereocenters. The summed E-state index contributed by atoms with van der Waals surface area (Å²) in [5.74, 6) is 0.221. The molecule has 2 aromatic carbocycles. The second kappa shape index (κ2) is 6.36. The molecule has 0 aromatic heterocycles. The predicted molar refractivity (Wildman–Crippen MR) is 81.7 cm³/mol. The van der Waals surface area contributed by atoms with E-state index in [2.05, 4.69) is 21.2 Å². The van der Waals surface area contributed by atoms with Crippen LogP contribution in [-0.4, -0.2) is 17.9 Å². The van der Waals surface area contributed by atoms with Crippen LogP contribution in [0.4, 0.5) is 11.4 Å². The number of nitrogens with zero attached hydrogens (tertiary/aromatic N) is 1. The van der Waals surface area contributed by atoms with Crippen molar-refractivity contribution >= 4 is 33.2 Å². The van der Waals surface area contributed by atoms with E-state index in [-0.39, 0.29) is 11.3 Å². The van der Waals surface area contributed by atoms with Crippen LogP contribution in [0.25, 0.3) is 0 Å². The van der Waals surface area contributed by atoms with Crippen LogP contribution in [0.5, 0.6) is 5.75 Å². The van der Waals surface area contributed by atoms with Crippen LogP contribution < -0.4 is 10.1 Å². The third-order valence-electron chi connectivity index (χ3n) is 2.73. The number of carbonyl (C=O) groups is 1. The summed E-state index contributed by atoms with van der Waals surface area (Å²) in [5.41, 5.74) is 0.647. The highest BCUT2D eigenvalue weighted by atomic mass is 79.9. The lowest BCUT2D eigenvalue weighted by Gasteiger charge is -2.08. The van der Waals surface area contributed by atoms with Gasteiger partial charge in [0, 0.05) is 23.4 Å². The molecule has 1 N–H and O–H groups in total. The van der Waals surface area contributed by atoms with Gasteiger partial charge in [-0.2, -0.15) is 0 Å². The SMILES string of the molecule is COc1ccc(NC(=O)c2cccc([N+](=O)[O-])c2)cc1Br. The van der Waals surface area contributed by atoms with Gasteiger partial charge in [0.15, 0.2) is 0 Å². The molecule has 108 valence electrons. The normalized spacial score (nSPS) is 10.0. The molecule has 0 aliphatic heterocycles. The number of ether oxygens (including phenoxy) is 1. The van der Waals surface area contributed by atoms with E-state index in [1.54, 1.807) is 25.3 Å². The first-order valence-corrected chi connectivity index (χ1v) is 6.70. The molecule has 0 aliphatic carbocycles. The van der Waals surface area contributed by atoms with Gasteiger partial charge >= 0.3 is 0 Å². The van der Waals surface area contributed by atoms with Gasteiger partial charge in [0.1, 0.15) is 5.75 Å². The molecule has 0 saturated carbocycles. The van der Waals surface area contributed by atoms with Crippen LogP contribution in [0, 0.1) is 10.1 Å². The van der Waals surface area contributed by atoms with Crippen molar-refractivity contribution in [2.24, 2.45) is 0 Å². The summed E-state index contributed by atoms with van der Waals surface area (Å²) in [4.78, 5) is 22.2. The van der Waals surface area contributed by atoms with Gasteiger partial charge in [0.25, 0.3) is 11.6 Å². The number of nitro groups is 1. The Morgan fingerprint density at radius 3 is 2.67 bits per heavy atom. The van der Waals surface area contributed by atoms with Gasteiger partial charge in [-0.05, 0) is 40.2 Å². The fourth-order valence-corrected chi connectivity index (χ4v) is 2.25. The summed E-state index contributed by atoms with van der Waals surface area (Å²) in [6, 6.07) is 10.6. The monoisotopic (exact) mass is 350 g/mol. The fourth-order valence-electron chi connectivity index (χ4n) is 1.71. The van der Waals surface area contributed by atoms with Crippen molar-refractivity contribution in [3.63, 3.8) is 0 Å². The number of benzene rings is 2. The lowest BCUT2D eigenvalue weighted by molar-refractivity contribution is -0.384. The molecule has 0 bridgehead atoms. The second-order valence-electron chi connectivity index (χ2n) is 4.11. The van der Waals surface area contributed by atoms with Crippen LogP contribution in [0.15, 0.2) is 46.9 Å². The highest BCUT2D eigenvalue weighted by Gasteiger charge is 2.12. The van der Waals surface area contributed by atoms with Gasteiger partial charge < -0.3 is 10.1 Å². The molecule has 2 aromatic rings. The van der Waals surface area contributed by atoms with Crippen molar-refractivity contribution in [2.45, 2.75) is 0 Å². The Morgan fingerprint density at radius 1 is 1.29 bits per heavy atom. The van der Waals surface area contributed by atoms with E-state index >= 15 is 0 Å². The maximum absolute atomic E-state index is 12.1. The molecule has 0 heterocycles. The van der Waals surface area contributed by atoms with E-state index in [1.165, 1.54) is 24.3 Å². The maximum atomic E-state index is 12.1. The van der Waals surface area contributed by atoms with Crippen molar-refractivity contribution < 1.29 is 14.5 Å². The number of halogens is 1. The zero-order valence-electron chi connectivity index (χ0n) is 11.0. The number of anilines is 1. The number of carbonyl (C=O) groups excluding carboxylic acids is 1. The first-order valence-electron chi connectivity index (χ1n) is 5.90. The smallest absolute Gasteiger partial charge is 0.270 e.